The van der Waals surface area contributed by atoms with E-state index in [0.717, 1.165) is 60.1 Å². The first-order valence-corrected chi connectivity index (χ1v) is 12.2. The molecule has 1 saturated heterocycles. The van der Waals surface area contributed by atoms with Gasteiger partial charge in [-0.25, -0.2) is 5.84 Å². The van der Waals surface area contributed by atoms with Gasteiger partial charge in [0.05, 0.1) is 23.2 Å². The summed E-state index contributed by atoms with van der Waals surface area (Å²) in [6, 6.07) is 12.1. The number of thiocarbonyl (C=S) groups is 1. The van der Waals surface area contributed by atoms with E-state index in [4.69, 9.17) is 40.1 Å². The lowest BCUT2D eigenvalue weighted by Crippen LogP contribution is -2.44. The van der Waals surface area contributed by atoms with Crippen molar-refractivity contribution in [2.75, 3.05) is 36.7 Å². The van der Waals surface area contributed by atoms with Gasteiger partial charge in [0, 0.05) is 35.2 Å². The molecule has 8 heteroatoms. The standard InChI is InChI=1S/C25H34ClN5OS/c1-24(2,3)22(32-4)16-9-10-17(26)20-21(16)30(15-25(20)11-13-29-14-12-25)18-7-5-6-8-19(18)31(28)23(27)33/h5-10,22,29H,11-15,28H2,1-4H3,(H2,27,33). The zero-order chi connectivity index (χ0) is 24.0. The largest absolute Gasteiger partial charge is 0.376 e. The molecular formula is C25H34ClN5OS. The molecule has 6 nitrogen and oxygen atoms in total. The van der Waals surface area contributed by atoms with Crippen LogP contribution < -0.4 is 26.8 Å². The second kappa shape index (κ2) is 9.04. The predicted molar refractivity (Wildman–Crippen MR) is 141 cm³/mol. The second-order valence-corrected chi connectivity index (χ2v) is 11.0. The van der Waals surface area contributed by atoms with Gasteiger partial charge in [-0.1, -0.05) is 50.6 Å². The highest BCUT2D eigenvalue weighted by Crippen LogP contribution is 2.56. The van der Waals surface area contributed by atoms with Crippen LogP contribution in [-0.2, 0) is 10.2 Å². The van der Waals surface area contributed by atoms with E-state index in [2.05, 4.69) is 43.1 Å². The Balaban J connectivity index is 1.99. The normalized spacial score (nSPS) is 18.3. The predicted octanol–water partition coefficient (Wildman–Crippen LogP) is 4.77. The van der Waals surface area contributed by atoms with E-state index >= 15 is 0 Å². The summed E-state index contributed by atoms with van der Waals surface area (Å²) in [6.45, 7) is 9.32. The molecule has 1 unspecified atom stereocenters. The molecular weight excluding hydrogens is 454 g/mol. The third kappa shape index (κ3) is 4.21. The van der Waals surface area contributed by atoms with Gasteiger partial charge in [0.15, 0.2) is 5.11 Å². The average molecular weight is 488 g/mol. The van der Waals surface area contributed by atoms with E-state index < -0.39 is 0 Å². The van der Waals surface area contributed by atoms with Crippen molar-refractivity contribution in [1.29, 1.82) is 0 Å². The fourth-order valence-corrected chi connectivity index (χ4v) is 5.98. The van der Waals surface area contributed by atoms with Crippen molar-refractivity contribution in [2.24, 2.45) is 17.0 Å². The van der Waals surface area contributed by atoms with Gasteiger partial charge in [0.25, 0.3) is 0 Å². The Morgan fingerprint density at radius 3 is 2.48 bits per heavy atom. The topological polar surface area (TPSA) is 79.8 Å². The Kier molecular flexibility index (Phi) is 6.64. The molecule has 2 aromatic carbocycles. The zero-order valence-electron chi connectivity index (χ0n) is 19.8. The van der Waals surface area contributed by atoms with E-state index in [-0.39, 0.29) is 22.0 Å². The SMILES string of the molecule is COC(c1ccc(Cl)c2c1N(c1ccccc1N(N)C(N)=S)CC21CCNCC1)C(C)(C)C. The quantitative estimate of drug-likeness (QED) is 0.325. The molecule has 1 atom stereocenters. The van der Waals surface area contributed by atoms with Crippen LogP contribution >= 0.6 is 23.8 Å². The Morgan fingerprint density at radius 1 is 1.21 bits per heavy atom. The van der Waals surface area contributed by atoms with Crippen LogP contribution in [-0.4, -0.2) is 31.9 Å². The van der Waals surface area contributed by atoms with E-state index in [0.29, 0.717) is 0 Å². The van der Waals surface area contributed by atoms with E-state index in [1.54, 1.807) is 7.11 Å². The summed E-state index contributed by atoms with van der Waals surface area (Å²) < 4.78 is 6.08. The summed E-state index contributed by atoms with van der Waals surface area (Å²) in [5.74, 6) is 6.30. The van der Waals surface area contributed by atoms with Crippen molar-refractivity contribution < 1.29 is 4.74 Å². The van der Waals surface area contributed by atoms with Crippen LogP contribution in [0.15, 0.2) is 36.4 Å². The smallest absolute Gasteiger partial charge is 0.185 e. The van der Waals surface area contributed by atoms with Crippen molar-refractivity contribution in [3.63, 3.8) is 0 Å². The number of para-hydroxylation sites is 2. The molecule has 33 heavy (non-hydrogen) atoms. The first-order chi connectivity index (χ1) is 15.6. The molecule has 2 aliphatic heterocycles. The molecule has 1 spiro atoms. The summed E-state index contributed by atoms with van der Waals surface area (Å²) in [5, 5.41) is 5.81. The van der Waals surface area contributed by atoms with Crippen LogP contribution in [0, 0.1) is 5.41 Å². The lowest BCUT2D eigenvalue weighted by Gasteiger charge is -2.35. The van der Waals surface area contributed by atoms with E-state index in [1.165, 1.54) is 10.6 Å². The van der Waals surface area contributed by atoms with Gasteiger partial charge in [-0.3, -0.25) is 5.01 Å². The number of hydrazine groups is 1. The number of rotatable bonds is 4. The first-order valence-electron chi connectivity index (χ1n) is 11.4. The van der Waals surface area contributed by atoms with Gasteiger partial charge in [0.2, 0.25) is 0 Å². The Morgan fingerprint density at radius 2 is 1.88 bits per heavy atom. The fraction of sp³-hybridized carbons (Fsp3) is 0.480. The molecule has 4 rings (SSSR count). The maximum absolute atomic E-state index is 6.97. The minimum Gasteiger partial charge on any atom is -0.376 e. The third-order valence-corrected chi connectivity index (χ3v) is 7.47. The van der Waals surface area contributed by atoms with Crippen LogP contribution in [0.1, 0.15) is 50.8 Å². The molecule has 5 N–H and O–H groups in total. The van der Waals surface area contributed by atoms with Gasteiger partial charge < -0.3 is 20.7 Å². The summed E-state index contributed by atoms with van der Waals surface area (Å²) in [7, 11) is 1.78. The van der Waals surface area contributed by atoms with Gasteiger partial charge in [-0.05, 0) is 61.8 Å². The second-order valence-electron chi connectivity index (χ2n) is 10.2. The first kappa shape index (κ1) is 24.2. The number of piperidine rings is 1. The highest BCUT2D eigenvalue weighted by atomic mass is 35.5. The summed E-state index contributed by atoms with van der Waals surface area (Å²) in [5.41, 5.74) is 10.9. The van der Waals surface area contributed by atoms with E-state index in [1.807, 2.05) is 24.3 Å². The zero-order valence-corrected chi connectivity index (χ0v) is 21.4. The fourth-order valence-electron chi connectivity index (χ4n) is 5.53. The molecule has 178 valence electrons. The Bertz CT molecular complexity index is 1050. The number of halogens is 1. The molecule has 0 bridgehead atoms. The number of fused-ring (bicyclic) bond motifs is 2. The number of nitrogens with one attached hydrogen (secondary N) is 1. The number of nitrogens with zero attached hydrogens (tertiary/aromatic N) is 2. The molecule has 0 saturated carbocycles. The van der Waals surface area contributed by atoms with Crippen LogP contribution in [0.5, 0.6) is 0 Å². The molecule has 2 aromatic rings. The van der Waals surface area contributed by atoms with Crippen LogP contribution in [0.4, 0.5) is 17.1 Å². The number of nitrogens with two attached hydrogens (primary N) is 2. The van der Waals surface area contributed by atoms with Crippen molar-refractivity contribution in [3.8, 4) is 0 Å². The molecule has 2 aliphatic rings. The van der Waals surface area contributed by atoms with Crippen molar-refractivity contribution >= 4 is 46.0 Å². The van der Waals surface area contributed by atoms with Gasteiger partial charge in [-0.15, -0.1) is 0 Å². The molecule has 0 aromatic heterocycles. The van der Waals surface area contributed by atoms with Crippen molar-refractivity contribution in [1.82, 2.24) is 5.32 Å². The average Bonchev–Trinajstić information content (AvgIpc) is 3.10. The van der Waals surface area contributed by atoms with E-state index in [9.17, 15) is 0 Å². The highest BCUT2D eigenvalue weighted by molar-refractivity contribution is 7.80. The van der Waals surface area contributed by atoms with Gasteiger partial charge in [-0.2, -0.15) is 0 Å². The molecule has 2 heterocycles. The van der Waals surface area contributed by atoms with Gasteiger partial charge >= 0.3 is 0 Å². The molecule has 1 fully saturated rings. The molecule has 0 aliphatic carbocycles. The number of ether oxygens (including phenoxy) is 1. The molecule has 0 radical (unpaired) electrons. The maximum atomic E-state index is 6.97. The maximum Gasteiger partial charge on any atom is 0.185 e. The van der Waals surface area contributed by atoms with Crippen LogP contribution in [0.2, 0.25) is 5.02 Å². The lowest BCUT2D eigenvalue weighted by atomic mass is 9.73. The monoisotopic (exact) mass is 487 g/mol. The minimum atomic E-state index is -0.111. The summed E-state index contributed by atoms with van der Waals surface area (Å²) >= 11 is 12.2. The summed E-state index contributed by atoms with van der Waals surface area (Å²) in [6.07, 6.45) is 1.91. The van der Waals surface area contributed by atoms with Crippen LogP contribution in [0.3, 0.4) is 0 Å². The summed E-state index contributed by atoms with van der Waals surface area (Å²) in [4.78, 5) is 2.35. The number of hydrogen-bond donors (Lipinski definition) is 3. The Hall–Kier alpha value is -1.90. The number of hydrogen-bond acceptors (Lipinski definition) is 5. The highest BCUT2D eigenvalue weighted by Gasteiger charge is 2.48. The number of benzene rings is 2. The minimum absolute atomic E-state index is 0.0559. The molecule has 0 amide bonds. The van der Waals surface area contributed by atoms with Crippen molar-refractivity contribution in [2.45, 2.75) is 45.1 Å². The number of anilines is 3. The Labute approximate surface area is 207 Å². The third-order valence-electron chi connectivity index (χ3n) is 6.95. The van der Waals surface area contributed by atoms with Gasteiger partial charge in [0.1, 0.15) is 0 Å². The van der Waals surface area contributed by atoms with Crippen LogP contribution in [0.25, 0.3) is 0 Å². The number of methoxy groups -OCH3 is 1. The van der Waals surface area contributed by atoms with Crippen molar-refractivity contribution in [3.05, 3.63) is 52.5 Å². The lowest BCUT2D eigenvalue weighted by molar-refractivity contribution is 0.0156.